The molecule has 0 aliphatic carbocycles. The second-order valence-corrected chi connectivity index (χ2v) is 5.31. The van der Waals surface area contributed by atoms with Crippen molar-refractivity contribution < 1.29 is 0 Å². The van der Waals surface area contributed by atoms with Gasteiger partial charge in [-0.25, -0.2) is 0 Å². The second-order valence-electron chi connectivity index (χ2n) is 4.69. The van der Waals surface area contributed by atoms with Crippen LogP contribution >= 0.6 is 9.24 Å². The maximum absolute atomic E-state index is 2.82. The first-order valence-corrected chi connectivity index (χ1v) is 6.61. The fourth-order valence-corrected chi connectivity index (χ4v) is 2.16. The molecule has 0 fully saturated rings. The summed E-state index contributed by atoms with van der Waals surface area (Å²) in [5, 5.41) is 1.36. The van der Waals surface area contributed by atoms with E-state index in [0.717, 1.165) is 5.92 Å². The highest BCUT2D eigenvalue weighted by Gasteiger charge is 1.98. The molecule has 0 radical (unpaired) electrons. The molecule has 0 amide bonds. The van der Waals surface area contributed by atoms with E-state index in [0.29, 0.717) is 0 Å². The van der Waals surface area contributed by atoms with Gasteiger partial charge in [-0.1, -0.05) is 57.4 Å². The molecule has 15 heavy (non-hydrogen) atoms. The van der Waals surface area contributed by atoms with Crippen LogP contribution < -0.4 is 5.30 Å². The molecule has 0 spiro atoms. The number of benzene rings is 1. The molecule has 1 rings (SSSR count). The topological polar surface area (TPSA) is 0 Å². The molecule has 1 aromatic rings. The molecule has 0 saturated heterocycles. The molecule has 0 bridgehead atoms. The van der Waals surface area contributed by atoms with Gasteiger partial charge in [-0.2, -0.15) is 0 Å². The van der Waals surface area contributed by atoms with E-state index in [1.165, 1.54) is 43.0 Å². The van der Waals surface area contributed by atoms with Crippen LogP contribution in [0.1, 0.15) is 45.1 Å². The van der Waals surface area contributed by atoms with Gasteiger partial charge in [0.15, 0.2) is 0 Å². The highest BCUT2D eigenvalue weighted by atomic mass is 31.0. The van der Waals surface area contributed by atoms with Crippen LogP contribution in [0.5, 0.6) is 0 Å². The van der Waals surface area contributed by atoms with Crippen molar-refractivity contribution in [3.63, 3.8) is 0 Å². The van der Waals surface area contributed by atoms with Crippen molar-refractivity contribution in [2.75, 3.05) is 0 Å². The lowest BCUT2D eigenvalue weighted by atomic mass is 10.0. The van der Waals surface area contributed by atoms with Gasteiger partial charge in [0.25, 0.3) is 0 Å². The van der Waals surface area contributed by atoms with Crippen molar-refractivity contribution in [2.24, 2.45) is 5.92 Å². The summed E-state index contributed by atoms with van der Waals surface area (Å²) in [5.74, 6) is 0.860. The molecule has 0 heterocycles. The molecule has 1 unspecified atom stereocenters. The van der Waals surface area contributed by atoms with Crippen molar-refractivity contribution in [1.29, 1.82) is 0 Å². The molecule has 1 heteroatoms. The van der Waals surface area contributed by atoms with Gasteiger partial charge in [-0.05, 0) is 29.6 Å². The van der Waals surface area contributed by atoms with E-state index in [1.807, 2.05) is 0 Å². The lowest BCUT2D eigenvalue weighted by Crippen LogP contribution is -2.00. The summed E-state index contributed by atoms with van der Waals surface area (Å²) in [5.41, 5.74) is 1.49. The van der Waals surface area contributed by atoms with Crippen LogP contribution in [-0.4, -0.2) is 0 Å². The third-order valence-electron chi connectivity index (χ3n) is 2.78. The minimum absolute atomic E-state index is 0.860. The molecule has 1 aromatic carbocycles. The summed E-state index contributed by atoms with van der Waals surface area (Å²) < 4.78 is 0. The number of aryl methyl sites for hydroxylation is 1. The first kappa shape index (κ1) is 12.7. The van der Waals surface area contributed by atoms with Crippen molar-refractivity contribution in [3.8, 4) is 0 Å². The van der Waals surface area contributed by atoms with E-state index < -0.39 is 0 Å². The van der Waals surface area contributed by atoms with Crippen LogP contribution in [-0.2, 0) is 6.42 Å². The molecule has 0 aromatic heterocycles. The van der Waals surface area contributed by atoms with Gasteiger partial charge >= 0.3 is 0 Å². The van der Waals surface area contributed by atoms with Crippen molar-refractivity contribution in [2.45, 2.75) is 46.0 Å². The zero-order valence-electron chi connectivity index (χ0n) is 10.00. The monoisotopic (exact) mass is 222 g/mol. The minimum Gasteiger partial charge on any atom is -0.105 e. The summed E-state index contributed by atoms with van der Waals surface area (Å²) >= 11 is 0. The first-order chi connectivity index (χ1) is 7.20. The Morgan fingerprint density at radius 2 is 1.80 bits per heavy atom. The first-order valence-electron chi connectivity index (χ1n) is 6.03. The fraction of sp³-hybridized carbons (Fsp3) is 0.571. The van der Waals surface area contributed by atoms with E-state index in [4.69, 9.17) is 0 Å². The molecular formula is C14H23P. The predicted octanol–water partition coefficient (Wildman–Crippen LogP) is 3.95. The van der Waals surface area contributed by atoms with E-state index >= 15 is 0 Å². The lowest BCUT2D eigenvalue weighted by Gasteiger charge is -2.06. The molecule has 1 atom stereocenters. The molecule has 0 N–H and O–H groups in total. The van der Waals surface area contributed by atoms with Gasteiger partial charge in [0.05, 0.1) is 0 Å². The van der Waals surface area contributed by atoms with Crippen molar-refractivity contribution in [1.82, 2.24) is 0 Å². The van der Waals surface area contributed by atoms with Gasteiger partial charge < -0.3 is 0 Å². The maximum atomic E-state index is 2.82. The highest BCUT2D eigenvalue weighted by molar-refractivity contribution is 7.27. The Bertz CT molecular complexity index is 278. The summed E-state index contributed by atoms with van der Waals surface area (Å²) in [6, 6.07) is 8.65. The SMILES string of the molecule is CC(C)CCCCCc1ccccc1P. The smallest absolute Gasteiger partial charge is 0.0271 e. The molecular weight excluding hydrogens is 199 g/mol. The number of hydrogen-bond donors (Lipinski definition) is 0. The fourth-order valence-electron chi connectivity index (χ4n) is 1.81. The van der Waals surface area contributed by atoms with Gasteiger partial charge in [0.2, 0.25) is 0 Å². The number of rotatable bonds is 6. The van der Waals surface area contributed by atoms with Crippen LogP contribution in [0.25, 0.3) is 0 Å². The Hall–Kier alpha value is -0.350. The van der Waals surface area contributed by atoms with Gasteiger partial charge in [-0.3, -0.25) is 0 Å². The largest absolute Gasteiger partial charge is 0.105 e. The number of unbranched alkanes of at least 4 members (excludes halogenated alkanes) is 2. The molecule has 0 aliphatic rings. The Balaban J connectivity index is 2.18. The summed E-state index contributed by atoms with van der Waals surface area (Å²) in [6.45, 7) is 4.61. The zero-order valence-corrected chi connectivity index (χ0v) is 11.2. The van der Waals surface area contributed by atoms with Gasteiger partial charge in [0.1, 0.15) is 0 Å². The van der Waals surface area contributed by atoms with E-state index in [-0.39, 0.29) is 0 Å². The third-order valence-corrected chi connectivity index (χ3v) is 3.35. The van der Waals surface area contributed by atoms with E-state index in [2.05, 4.69) is 47.4 Å². The highest BCUT2D eigenvalue weighted by Crippen LogP contribution is 2.11. The lowest BCUT2D eigenvalue weighted by molar-refractivity contribution is 0.527. The Kier molecular flexibility index (Phi) is 5.95. The standard InChI is InChI=1S/C14H23P/c1-12(2)8-4-3-5-9-13-10-6-7-11-14(13)15/h6-7,10-12H,3-5,8-9,15H2,1-2H3. The Morgan fingerprint density at radius 1 is 1.07 bits per heavy atom. The van der Waals surface area contributed by atoms with Crippen molar-refractivity contribution >= 4 is 14.5 Å². The maximum Gasteiger partial charge on any atom is -0.0271 e. The van der Waals surface area contributed by atoms with Crippen LogP contribution in [0.15, 0.2) is 24.3 Å². The van der Waals surface area contributed by atoms with Crippen LogP contribution in [0.3, 0.4) is 0 Å². The zero-order chi connectivity index (χ0) is 11.1. The Morgan fingerprint density at radius 3 is 2.47 bits per heavy atom. The molecule has 0 nitrogen and oxygen atoms in total. The second kappa shape index (κ2) is 7.01. The quantitative estimate of drug-likeness (QED) is 0.505. The molecule has 84 valence electrons. The van der Waals surface area contributed by atoms with Gasteiger partial charge in [-0.15, -0.1) is 9.24 Å². The minimum atomic E-state index is 0.860. The predicted molar refractivity (Wildman–Crippen MR) is 72.8 cm³/mol. The molecule has 0 saturated carbocycles. The van der Waals surface area contributed by atoms with Crippen LogP contribution in [0.2, 0.25) is 0 Å². The Labute approximate surface area is 96.7 Å². The molecule has 0 aliphatic heterocycles. The summed E-state index contributed by atoms with van der Waals surface area (Å²) in [7, 11) is 2.82. The average molecular weight is 222 g/mol. The van der Waals surface area contributed by atoms with E-state index in [1.54, 1.807) is 0 Å². The van der Waals surface area contributed by atoms with Crippen LogP contribution in [0, 0.1) is 5.92 Å². The normalized spacial score (nSPS) is 10.9. The number of hydrogen-bond acceptors (Lipinski definition) is 0. The van der Waals surface area contributed by atoms with Gasteiger partial charge in [0, 0.05) is 0 Å². The van der Waals surface area contributed by atoms with Crippen molar-refractivity contribution in [3.05, 3.63) is 29.8 Å². The van der Waals surface area contributed by atoms with E-state index in [9.17, 15) is 0 Å². The van der Waals surface area contributed by atoms with Crippen LogP contribution in [0.4, 0.5) is 0 Å². The average Bonchev–Trinajstić information content (AvgIpc) is 2.20. The third kappa shape index (κ3) is 5.33. The summed E-state index contributed by atoms with van der Waals surface area (Å²) in [6.07, 6.45) is 6.70. The summed E-state index contributed by atoms with van der Waals surface area (Å²) in [4.78, 5) is 0.